The first-order chi connectivity index (χ1) is 29.7. The maximum Gasteiger partial charge on any atom is 0.326 e. The first kappa shape index (κ1) is 49.2. The van der Waals surface area contributed by atoms with E-state index in [-0.39, 0.29) is 62.1 Å². The second-order valence-electron chi connectivity index (χ2n) is 16.6. The summed E-state index contributed by atoms with van der Waals surface area (Å²) in [4.78, 5) is 90.5. The lowest BCUT2D eigenvalue weighted by molar-refractivity contribution is -0.156. The first-order valence-electron chi connectivity index (χ1n) is 22.0. The quantitative estimate of drug-likeness (QED) is 0.0340. The fourth-order valence-corrected chi connectivity index (χ4v) is 8.77. The van der Waals surface area contributed by atoms with E-state index in [4.69, 9.17) is 28.7 Å². The van der Waals surface area contributed by atoms with Gasteiger partial charge < -0.3 is 64.6 Å². The van der Waals surface area contributed by atoms with Gasteiger partial charge in [-0.15, -0.1) is 0 Å². The van der Waals surface area contributed by atoms with Crippen LogP contribution in [0.2, 0.25) is 0 Å². The number of carbonyl (C=O) groups excluding carboxylic acids is 5. The number of rotatable bonds is 24. The Morgan fingerprint density at radius 2 is 1.42 bits per heavy atom. The van der Waals surface area contributed by atoms with Crippen molar-refractivity contribution >= 4 is 47.4 Å². The molecule has 1 unspecified atom stereocenters. The van der Waals surface area contributed by atoms with Crippen LogP contribution in [0.15, 0.2) is 34.3 Å². The molecule has 0 bridgehead atoms. The number of aliphatic carboxylic acids is 1. The molecule has 4 rings (SSSR count). The van der Waals surface area contributed by atoms with Gasteiger partial charge in [0.05, 0.1) is 12.6 Å². The van der Waals surface area contributed by atoms with Crippen molar-refractivity contribution in [3.05, 3.63) is 35.4 Å². The summed E-state index contributed by atoms with van der Waals surface area (Å²) in [6.07, 6.45) is 9.12. The number of benzene rings is 1. The molecule has 0 aromatic heterocycles. The lowest BCUT2D eigenvalue weighted by Crippen LogP contribution is -2.61. The molecule has 1 aromatic rings. The third-order valence-corrected chi connectivity index (χ3v) is 12.0. The summed E-state index contributed by atoms with van der Waals surface area (Å²) in [6.45, 7) is 0.389. The van der Waals surface area contributed by atoms with Gasteiger partial charge in [0.2, 0.25) is 29.5 Å². The highest BCUT2D eigenvalue weighted by molar-refractivity contribution is 5.95. The van der Waals surface area contributed by atoms with Crippen LogP contribution in [0.1, 0.15) is 107 Å². The van der Waals surface area contributed by atoms with E-state index in [2.05, 4.69) is 25.9 Å². The Balaban J connectivity index is 1.23. The van der Waals surface area contributed by atoms with E-state index in [0.29, 0.717) is 58.0 Å². The Labute approximate surface area is 363 Å². The molecular weight excluding hydrogens is 801 g/mol. The maximum atomic E-state index is 14.4. The van der Waals surface area contributed by atoms with Gasteiger partial charge in [0.1, 0.15) is 24.2 Å². The summed E-state index contributed by atoms with van der Waals surface area (Å²) in [5.74, 6) is -3.32. The standard InChI is InChI=1S/C42H68N12O8/c43-29(15-10-20-49-41(44)45)36(57)52-30(16-11-21-50-42(46)47)37(58)48-19-9-3-1-2-4-18-35(56)51-31(25-55)38(59)53-24-28-14-6-5-12-26(28)22-33(53)39(60)54-32-17-8-7-13-27(32)23-34(54)40(61)62/h5-6,12,14,27,29-34,55H,1-4,7-11,13,15-25,43H2,(H,48,58)(H,51,56)(H,52,57)(H,61,62)(H4,44,45,49)(H4,46,47,50)/t27-,29+,30-,31-,32-,33+,34?/m0/s1. The minimum absolute atomic E-state index is 0.0497. The fraction of sp³-hybridized carbons (Fsp3) is 0.667. The van der Waals surface area contributed by atoms with Crippen LogP contribution < -0.4 is 44.6 Å². The Morgan fingerprint density at radius 1 is 0.774 bits per heavy atom. The van der Waals surface area contributed by atoms with E-state index in [1.807, 2.05) is 24.3 Å². The Hall–Kier alpha value is -5.50. The van der Waals surface area contributed by atoms with Crippen LogP contribution in [0, 0.1) is 5.92 Å². The highest BCUT2D eigenvalue weighted by atomic mass is 16.4. The molecule has 1 saturated heterocycles. The number of fused-ring (bicyclic) bond motifs is 2. The third kappa shape index (κ3) is 14.6. The molecule has 15 N–H and O–H groups in total. The summed E-state index contributed by atoms with van der Waals surface area (Å²) < 4.78 is 0. The normalized spacial score (nSPS) is 20.7. The number of amides is 5. The van der Waals surface area contributed by atoms with E-state index in [0.717, 1.165) is 49.7 Å². The second kappa shape index (κ2) is 24.8. The third-order valence-electron chi connectivity index (χ3n) is 12.0. The molecule has 1 saturated carbocycles. The van der Waals surface area contributed by atoms with Gasteiger partial charge >= 0.3 is 5.97 Å². The number of aliphatic imine (C=N–C) groups is 2. The molecule has 2 fully saturated rings. The summed E-state index contributed by atoms with van der Waals surface area (Å²) in [6, 6.07) is 2.36. The van der Waals surface area contributed by atoms with Crippen molar-refractivity contribution < 1.29 is 39.0 Å². The number of unbranched alkanes of at least 4 members (excludes halogenated alkanes) is 4. The van der Waals surface area contributed by atoms with Gasteiger partial charge in [0.15, 0.2) is 11.9 Å². The van der Waals surface area contributed by atoms with Crippen LogP contribution in [-0.2, 0) is 41.7 Å². The monoisotopic (exact) mass is 869 g/mol. The van der Waals surface area contributed by atoms with Crippen LogP contribution in [0.4, 0.5) is 0 Å². The van der Waals surface area contributed by atoms with Crippen molar-refractivity contribution in [3.8, 4) is 0 Å². The Kier molecular flexibility index (Phi) is 19.7. The van der Waals surface area contributed by atoms with Crippen molar-refractivity contribution in [2.45, 2.75) is 146 Å². The van der Waals surface area contributed by atoms with Crippen molar-refractivity contribution in [1.29, 1.82) is 0 Å². The minimum Gasteiger partial charge on any atom is -0.480 e. The van der Waals surface area contributed by atoms with Gasteiger partial charge in [0.25, 0.3) is 0 Å². The van der Waals surface area contributed by atoms with Gasteiger partial charge in [0, 0.05) is 45.1 Å². The largest absolute Gasteiger partial charge is 0.480 e. The van der Waals surface area contributed by atoms with Crippen molar-refractivity contribution in [3.63, 3.8) is 0 Å². The highest BCUT2D eigenvalue weighted by Gasteiger charge is 2.51. The summed E-state index contributed by atoms with van der Waals surface area (Å²) in [7, 11) is 0. The number of hydrogen-bond donors (Lipinski definition) is 10. The molecule has 2 aliphatic heterocycles. The van der Waals surface area contributed by atoms with Gasteiger partial charge in [-0.25, -0.2) is 4.79 Å². The zero-order chi connectivity index (χ0) is 45.2. The maximum absolute atomic E-state index is 14.4. The zero-order valence-corrected chi connectivity index (χ0v) is 35.7. The fourth-order valence-electron chi connectivity index (χ4n) is 8.77. The predicted molar refractivity (Wildman–Crippen MR) is 233 cm³/mol. The molecule has 20 nitrogen and oxygen atoms in total. The van der Waals surface area contributed by atoms with E-state index in [1.165, 1.54) is 9.80 Å². The summed E-state index contributed by atoms with van der Waals surface area (Å²) in [5.41, 5.74) is 29.2. The topological polar surface area (TPSA) is 340 Å². The SMILES string of the molecule is NC(N)=NCCC[C@@H](N)C(=O)N[C@@H](CCCN=C(N)N)C(=O)NCCCCCCCC(=O)N[C@@H](CO)C(=O)N1Cc2ccccc2C[C@@H]1C(=O)N1C(C(=O)O)C[C@@H]2CCCC[C@@H]21. The smallest absolute Gasteiger partial charge is 0.326 e. The van der Waals surface area contributed by atoms with Gasteiger partial charge in [-0.3, -0.25) is 34.0 Å². The van der Waals surface area contributed by atoms with Crippen LogP contribution in [-0.4, -0.2) is 130 Å². The zero-order valence-electron chi connectivity index (χ0n) is 35.7. The molecule has 0 radical (unpaired) electrons. The van der Waals surface area contributed by atoms with E-state index in [9.17, 15) is 39.0 Å². The molecular formula is C42H68N12O8. The van der Waals surface area contributed by atoms with Gasteiger partial charge in [-0.2, -0.15) is 0 Å². The average molecular weight is 869 g/mol. The number of carboxylic acid groups (broad SMARTS) is 1. The molecule has 1 aliphatic carbocycles. The molecule has 344 valence electrons. The van der Waals surface area contributed by atoms with Crippen molar-refractivity contribution in [1.82, 2.24) is 25.8 Å². The molecule has 2 heterocycles. The lowest BCUT2D eigenvalue weighted by atomic mass is 9.84. The number of nitrogens with one attached hydrogen (secondary N) is 3. The molecule has 3 aliphatic rings. The average Bonchev–Trinajstić information content (AvgIpc) is 3.65. The van der Waals surface area contributed by atoms with Gasteiger partial charge in [-0.05, 0) is 74.8 Å². The minimum atomic E-state index is -1.28. The number of aliphatic hydroxyl groups is 1. The predicted octanol–water partition coefficient (Wildman–Crippen LogP) is -0.963. The van der Waals surface area contributed by atoms with E-state index in [1.54, 1.807) is 0 Å². The Morgan fingerprint density at radius 3 is 2.10 bits per heavy atom. The van der Waals surface area contributed by atoms with E-state index >= 15 is 0 Å². The molecule has 20 heteroatoms. The van der Waals surface area contributed by atoms with E-state index < -0.39 is 66.4 Å². The number of carboxylic acids is 1. The molecule has 0 spiro atoms. The first-order valence-corrected chi connectivity index (χ1v) is 22.0. The second-order valence-corrected chi connectivity index (χ2v) is 16.6. The lowest BCUT2D eigenvalue weighted by Gasteiger charge is -2.42. The number of nitrogens with two attached hydrogens (primary N) is 5. The van der Waals surface area contributed by atoms with Gasteiger partial charge in [-0.1, -0.05) is 56.4 Å². The molecule has 7 atom stereocenters. The molecule has 62 heavy (non-hydrogen) atoms. The van der Waals surface area contributed by atoms with Crippen LogP contribution in [0.3, 0.4) is 0 Å². The number of nitrogens with zero attached hydrogens (tertiary/aromatic N) is 4. The van der Waals surface area contributed by atoms with Crippen molar-refractivity contribution in [2.24, 2.45) is 44.6 Å². The highest BCUT2D eigenvalue weighted by Crippen LogP contribution is 2.41. The Bertz CT molecular complexity index is 1750. The number of carbonyl (C=O) groups is 6. The van der Waals surface area contributed by atoms with Crippen LogP contribution >= 0.6 is 0 Å². The summed E-state index contributed by atoms with van der Waals surface area (Å²) in [5, 5.41) is 28.7. The summed E-state index contributed by atoms with van der Waals surface area (Å²) >= 11 is 0. The molecule has 5 amide bonds. The number of guanidine groups is 2. The van der Waals surface area contributed by atoms with Crippen LogP contribution in [0.5, 0.6) is 0 Å². The van der Waals surface area contributed by atoms with Crippen molar-refractivity contribution in [2.75, 3.05) is 26.2 Å². The number of hydrogen-bond acceptors (Lipinski definition) is 10. The molecule has 1 aromatic carbocycles. The number of likely N-dealkylation sites (tertiary alicyclic amines) is 1. The number of aliphatic hydroxyl groups excluding tert-OH is 1. The van der Waals surface area contributed by atoms with Crippen LogP contribution in [0.25, 0.3) is 0 Å².